The van der Waals surface area contributed by atoms with Crippen molar-refractivity contribution in [3.05, 3.63) is 35.1 Å². The number of anilines is 1. The van der Waals surface area contributed by atoms with E-state index in [0.29, 0.717) is 4.77 Å². The maximum Gasteiger partial charge on any atom is 0.230 e. The normalized spacial score (nSPS) is 23.0. The summed E-state index contributed by atoms with van der Waals surface area (Å²) in [6, 6.07) is 10.0. The molecule has 1 saturated heterocycles. The fourth-order valence-electron chi connectivity index (χ4n) is 2.65. The summed E-state index contributed by atoms with van der Waals surface area (Å²) < 4.78 is 8.36. The molecule has 0 unspecified atom stereocenters. The summed E-state index contributed by atoms with van der Waals surface area (Å²) in [5.41, 5.74) is 1.02. The van der Waals surface area contributed by atoms with Gasteiger partial charge in [-0.3, -0.25) is 4.57 Å². The van der Waals surface area contributed by atoms with Crippen molar-refractivity contribution >= 4 is 18.2 Å². The molecule has 20 heavy (non-hydrogen) atoms. The van der Waals surface area contributed by atoms with E-state index >= 15 is 0 Å². The number of benzene rings is 1. The van der Waals surface area contributed by atoms with Crippen molar-refractivity contribution in [2.45, 2.75) is 26.1 Å². The third-order valence-electron chi connectivity index (χ3n) is 3.37. The largest absolute Gasteiger partial charge is 0.372 e. The highest BCUT2D eigenvalue weighted by Crippen LogP contribution is 2.22. The molecular formula is C14H18N4OS. The average molecular weight is 290 g/mol. The molecule has 106 valence electrons. The lowest BCUT2D eigenvalue weighted by molar-refractivity contribution is -0.00581. The van der Waals surface area contributed by atoms with Crippen molar-refractivity contribution < 1.29 is 4.74 Å². The van der Waals surface area contributed by atoms with Gasteiger partial charge in [0.1, 0.15) is 0 Å². The van der Waals surface area contributed by atoms with Crippen LogP contribution in [-0.4, -0.2) is 40.1 Å². The zero-order valence-corrected chi connectivity index (χ0v) is 12.4. The van der Waals surface area contributed by atoms with Gasteiger partial charge in [0.25, 0.3) is 0 Å². The van der Waals surface area contributed by atoms with E-state index in [0.717, 1.165) is 24.7 Å². The van der Waals surface area contributed by atoms with E-state index in [-0.39, 0.29) is 12.2 Å². The van der Waals surface area contributed by atoms with E-state index in [9.17, 15) is 0 Å². The third-order valence-corrected chi connectivity index (χ3v) is 3.65. The van der Waals surface area contributed by atoms with Crippen molar-refractivity contribution in [1.82, 2.24) is 14.8 Å². The summed E-state index contributed by atoms with van der Waals surface area (Å²) in [7, 11) is 0. The highest BCUT2D eigenvalue weighted by atomic mass is 32.1. The van der Waals surface area contributed by atoms with Crippen LogP contribution in [0.1, 0.15) is 13.8 Å². The molecule has 6 heteroatoms. The van der Waals surface area contributed by atoms with E-state index in [1.807, 2.05) is 34.9 Å². The van der Waals surface area contributed by atoms with Gasteiger partial charge in [-0.25, -0.2) is 5.10 Å². The van der Waals surface area contributed by atoms with Crippen LogP contribution in [0.2, 0.25) is 0 Å². The van der Waals surface area contributed by atoms with Crippen LogP contribution < -0.4 is 4.90 Å². The average Bonchev–Trinajstić information content (AvgIpc) is 2.80. The topological polar surface area (TPSA) is 46.1 Å². The van der Waals surface area contributed by atoms with Crippen molar-refractivity contribution in [2.75, 3.05) is 18.0 Å². The molecule has 1 aliphatic rings. The van der Waals surface area contributed by atoms with Crippen molar-refractivity contribution in [2.24, 2.45) is 0 Å². The molecule has 2 heterocycles. The minimum Gasteiger partial charge on any atom is -0.372 e. The lowest BCUT2D eigenvalue weighted by atomic mass is 10.2. The zero-order chi connectivity index (χ0) is 14.1. The van der Waals surface area contributed by atoms with Crippen LogP contribution in [0.5, 0.6) is 0 Å². The predicted molar refractivity (Wildman–Crippen MR) is 81.0 cm³/mol. The first-order chi connectivity index (χ1) is 9.65. The Morgan fingerprint density at radius 2 is 1.85 bits per heavy atom. The molecular weight excluding hydrogens is 272 g/mol. The summed E-state index contributed by atoms with van der Waals surface area (Å²) in [6.45, 7) is 5.79. The van der Waals surface area contributed by atoms with E-state index < -0.39 is 0 Å². The maximum atomic E-state index is 5.78. The number of rotatable bonds is 2. The lowest BCUT2D eigenvalue weighted by Crippen LogP contribution is -2.46. The Kier molecular flexibility index (Phi) is 3.58. The molecule has 0 bridgehead atoms. The summed E-state index contributed by atoms with van der Waals surface area (Å²) in [6.07, 6.45) is 0.376. The van der Waals surface area contributed by atoms with Gasteiger partial charge in [0.15, 0.2) is 0 Å². The van der Waals surface area contributed by atoms with Crippen LogP contribution in [0.4, 0.5) is 5.95 Å². The second kappa shape index (κ2) is 5.38. The van der Waals surface area contributed by atoms with Gasteiger partial charge < -0.3 is 9.64 Å². The monoisotopic (exact) mass is 290 g/mol. The van der Waals surface area contributed by atoms with E-state index in [2.05, 4.69) is 28.9 Å². The lowest BCUT2D eigenvalue weighted by Gasteiger charge is -2.35. The molecule has 3 rings (SSSR count). The van der Waals surface area contributed by atoms with Gasteiger partial charge in [0.05, 0.1) is 17.9 Å². The Balaban J connectivity index is 2.01. The third kappa shape index (κ3) is 2.48. The number of ether oxygens (including phenoxy) is 1. The first-order valence-electron chi connectivity index (χ1n) is 6.78. The van der Waals surface area contributed by atoms with Crippen LogP contribution in [0, 0.1) is 4.77 Å². The smallest absolute Gasteiger partial charge is 0.230 e. The number of H-pyrrole nitrogens is 1. The highest BCUT2D eigenvalue weighted by Gasteiger charge is 2.26. The Morgan fingerprint density at radius 3 is 2.50 bits per heavy atom. The molecule has 5 nitrogen and oxygen atoms in total. The first kappa shape index (κ1) is 13.3. The van der Waals surface area contributed by atoms with Crippen LogP contribution in [0.25, 0.3) is 5.69 Å². The molecule has 0 amide bonds. The number of nitrogens with zero attached hydrogens (tertiary/aromatic N) is 3. The Hall–Kier alpha value is -1.66. The summed E-state index contributed by atoms with van der Waals surface area (Å²) in [5.74, 6) is 0.850. The quantitative estimate of drug-likeness (QED) is 0.863. The molecule has 1 fully saturated rings. The van der Waals surface area contributed by atoms with Gasteiger partial charge >= 0.3 is 0 Å². The van der Waals surface area contributed by atoms with Crippen LogP contribution in [0.3, 0.4) is 0 Å². The SMILES string of the molecule is C[C@@H]1CN(c2n[nH]c(=S)n2-c2ccccc2)C[C@H](C)O1. The Bertz CT molecular complexity index is 626. The van der Waals surface area contributed by atoms with Gasteiger partial charge in [-0.15, -0.1) is 5.10 Å². The molecule has 0 radical (unpaired) electrons. The minimum atomic E-state index is 0.188. The van der Waals surface area contributed by atoms with Gasteiger partial charge in [-0.2, -0.15) is 0 Å². The number of hydrogen-bond donors (Lipinski definition) is 1. The Labute approximate surface area is 123 Å². The number of hydrogen-bond acceptors (Lipinski definition) is 4. The van der Waals surface area contributed by atoms with Crippen LogP contribution >= 0.6 is 12.2 Å². The van der Waals surface area contributed by atoms with Gasteiger partial charge in [-0.05, 0) is 38.2 Å². The standard InChI is InChI=1S/C14H18N4OS/c1-10-8-17(9-11(2)19-10)13-15-16-14(20)18(13)12-6-4-3-5-7-12/h3-7,10-11H,8-9H2,1-2H3,(H,16,20)/t10-,11+. The maximum absolute atomic E-state index is 5.78. The molecule has 1 N–H and O–H groups in total. The van der Waals surface area contributed by atoms with Gasteiger partial charge in [0, 0.05) is 13.1 Å². The van der Waals surface area contributed by atoms with Crippen LogP contribution in [-0.2, 0) is 4.74 Å². The fraction of sp³-hybridized carbons (Fsp3) is 0.429. The van der Waals surface area contributed by atoms with Gasteiger partial charge in [0.2, 0.25) is 10.7 Å². The molecule has 1 aromatic carbocycles. The molecule has 2 atom stereocenters. The van der Waals surface area contributed by atoms with Gasteiger partial charge in [-0.1, -0.05) is 18.2 Å². The molecule has 0 spiro atoms. The molecule has 2 aromatic rings. The van der Waals surface area contributed by atoms with E-state index in [1.54, 1.807) is 0 Å². The molecule has 0 aliphatic carbocycles. The number of aromatic amines is 1. The number of aromatic nitrogens is 3. The first-order valence-corrected chi connectivity index (χ1v) is 7.19. The van der Waals surface area contributed by atoms with Crippen molar-refractivity contribution in [3.8, 4) is 5.69 Å². The number of nitrogens with one attached hydrogen (secondary N) is 1. The second-order valence-electron chi connectivity index (χ2n) is 5.16. The second-order valence-corrected chi connectivity index (χ2v) is 5.55. The molecule has 1 aromatic heterocycles. The molecule has 1 aliphatic heterocycles. The predicted octanol–water partition coefficient (Wildman–Crippen LogP) is 2.54. The van der Waals surface area contributed by atoms with Crippen molar-refractivity contribution in [3.63, 3.8) is 0 Å². The zero-order valence-electron chi connectivity index (χ0n) is 11.6. The minimum absolute atomic E-state index is 0.188. The summed E-state index contributed by atoms with van der Waals surface area (Å²) in [4.78, 5) is 2.22. The van der Waals surface area contributed by atoms with E-state index in [1.165, 1.54) is 0 Å². The number of para-hydroxylation sites is 1. The summed E-state index contributed by atoms with van der Waals surface area (Å²) in [5, 5.41) is 7.30. The number of morpholine rings is 1. The summed E-state index contributed by atoms with van der Waals surface area (Å²) >= 11 is 5.37. The van der Waals surface area contributed by atoms with E-state index in [4.69, 9.17) is 17.0 Å². The van der Waals surface area contributed by atoms with Crippen molar-refractivity contribution in [1.29, 1.82) is 0 Å². The van der Waals surface area contributed by atoms with Crippen LogP contribution in [0.15, 0.2) is 30.3 Å². The highest BCUT2D eigenvalue weighted by molar-refractivity contribution is 7.71. The fourth-order valence-corrected chi connectivity index (χ4v) is 2.88. The molecule has 0 saturated carbocycles. The Morgan fingerprint density at radius 1 is 1.20 bits per heavy atom.